The van der Waals surface area contributed by atoms with Gasteiger partial charge in [0.25, 0.3) is 5.91 Å². The third kappa shape index (κ3) is 4.28. The van der Waals surface area contributed by atoms with Gasteiger partial charge in [0.2, 0.25) is 0 Å². The second kappa shape index (κ2) is 8.29. The van der Waals surface area contributed by atoms with Crippen LogP contribution < -0.4 is 0 Å². The molecule has 0 spiro atoms. The lowest BCUT2D eigenvalue weighted by atomic mass is 10.2. The average Bonchev–Trinajstić information content (AvgIpc) is 3.01. The monoisotopic (exact) mass is 346 g/mol. The highest BCUT2D eigenvalue weighted by atomic mass is 16.6. The summed E-state index contributed by atoms with van der Waals surface area (Å²) in [6.45, 7) is 7.00. The van der Waals surface area contributed by atoms with Gasteiger partial charge in [-0.3, -0.25) is 14.7 Å². The van der Waals surface area contributed by atoms with Crippen LogP contribution in [0.15, 0.2) is 24.5 Å². The molecule has 0 aliphatic carbocycles. The number of nitrogens with zero attached hydrogens (tertiary/aromatic N) is 4. The highest BCUT2D eigenvalue weighted by molar-refractivity contribution is 5.94. The molecule has 25 heavy (non-hydrogen) atoms. The normalized spacial score (nSPS) is 21.9. The van der Waals surface area contributed by atoms with Crippen LogP contribution in [0.2, 0.25) is 0 Å². The summed E-state index contributed by atoms with van der Waals surface area (Å²) in [6, 6.07) is 3.89. The smallest absolute Gasteiger partial charge is 0.409 e. The molecule has 2 aliphatic rings. The number of amides is 2. The van der Waals surface area contributed by atoms with Crippen LogP contribution in [0.1, 0.15) is 30.1 Å². The first-order valence-corrected chi connectivity index (χ1v) is 9.04. The standard InChI is InChI=1S/C18H26N4O3/c1-2-25-18(24)22-11-6-16(14-22)20-9-3-10-21(13-12-20)17(23)15-4-7-19-8-5-15/h4-5,7-8,16H,2-3,6,9-14H2,1H3. The van der Waals surface area contributed by atoms with E-state index in [1.807, 2.05) is 11.8 Å². The fourth-order valence-corrected chi connectivity index (χ4v) is 3.60. The van der Waals surface area contributed by atoms with E-state index in [4.69, 9.17) is 4.74 Å². The van der Waals surface area contributed by atoms with Crippen LogP contribution >= 0.6 is 0 Å². The van der Waals surface area contributed by atoms with E-state index in [0.717, 1.165) is 52.1 Å². The number of rotatable bonds is 3. The molecule has 0 radical (unpaired) electrons. The van der Waals surface area contributed by atoms with Crippen molar-refractivity contribution in [2.45, 2.75) is 25.8 Å². The molecule has 136 valence electrons. The molecule has 3 rings (SSSR count). The number of hydrogen-bond donors (Lipinski definition) is 0. The molecular weight excluding hydrogens is 320 g/mol. The van der Waals surface area contributed by atoms with Gasteiger partial charge in [-0.15, -0.1) is 0 Å². The third-order valence-electron chi connectivity index (χ3n) is 4.95. The molecule has 1 unspecified atom stereocenters. The van der Waals surface area contributed by atoms with Crippen molar-refractivity contribution in [1.29, 1.82) is 0 Å². The first kappa shape index (κ1) is 17.7. The van der Waals surface area contributed by atoms with E-state index < -0.39 is 0 Å². The number of ether oxygens (including phenoxy) is 1. The number of likely N-dealkylation sites (tertiary alicyclic amines) is 1. The van der Waals surface area contributed by atoms with Gasteiger partial charge >= 0.3 is 6.09 Å². The lowest BCUT2D eigenvalue weighted by Crippen LogP contribution is -2.41. The topological polar surface area (TPSA) is 66.0 Å². The number of hydrogen-bond acceptors (Lipinski definition) is 5. The molecule has 2 fully saturated rings. The second-order valence-corrected chi connectivity index (χ2v) is 6.51. The van der Waals surface area contributed by atoms with Gasteiger partial charge in [0, 0.05) is 63.3 Å². The summed E-state index contributed by atoms with van der Waals surface area (Å²) in [5.74, 6) is 0.0730. The van der Waals surface area contributed by atoms with E-state index in [1.165, 1.54) is 0 Å². The molecular formula is C18H26N4O3. The summed E-state index contributed by atoms with van der Waals surface area (Å²) in [6.07, 6.45) is 5.01. The van der Waals surface area contributed by atoms with Crippen molar-refractivity contribution < 1.29 is 14.3 Å². The highest BCUT2D eigenvalue weighted by Crippen LogP contribution is 2.19. The fourth-order valence-electron chi connectivity index (χ4n) is 3.60. The molecule has 7 heteroatoms. The van der Waals surface area contributed by atoms with Gasteiger partial charge in [0.1, 0.15) is 0 Å². The summed E-state index contributed by atoms with van der Waals surface area (Å²) < 4.78 is 5.09. The molecule has 2 saturated heterocycles. The van der Waals surface area contributed by atoms with Gasteiger partial charge < -0.3 is 14.5 Å². The Morgan fingerprint density at radius 1 is 1.12 bits per heavy atom. The van der Waals surface area contributed by atoms with Crippen LogP contribution in [0, 0.1) is 0 Å². The van der Waals surface area contributed by atoms with Crippen LogP contribution in [0.3, 0.4) is 0 Å². The Morgan fingerprint density at radius 2 is 1.92 bits per heavy atom. The largest absolute Gasteiger partial charge is 0.450 e. The molecule has 3 heterocycles. The first-order chi connectivity index (χ1) is 12.2. The van der Waals surface area contributed by atoms with E-state index >= 15 is 0 Å². The van der Waals surface area contributed by atoms with E-state index in [9.17, 15) is 9.59 Å². The van der Waals surface area contributed by atoms with Crippen LogP contribution in [0.5, 0.6) is 0 Å². The maximum Gasteiger partial charge on any atom is 0.409 e. The first-order valence-electron chi connectivity index (χ1n) is 9.04. The number of carbonyl (C=O) groups is 2. The van der Waals surface area contributed by atoms with Gasteiger partial charge in [-0.2, -0.15) is 0 Å². The van der Waals surface area contributed by atoms with Gasteiger partial charge in [0.15, 0.2) is 0 Å². The molecule has 0 bridgehead atoms. The predicted octanol–water partition coefficient (Wildman–Crippen LogP) is 1.46. The fraction of sp³-hybridized carbons (Fsp3) is 0.611. The minimum Gasteiger partial charge on any atom is -0.450 e. The quantitative estimate of drug-likeness (QED) is 0.829. The Morgan fingerprint density at radius 3 is 2.68 bits per heavy atom. The number of carbonyl (C=O) groups excluding carboxylic acids is 2. The van der Waals surface area contributed by atoms with Gasteiger partial charge in [-0.05, 0) is 31.9 Å². The van der Waals surface area contributed by atoms with Crippen LogP contribution in [0.25, 0.3) is 0 Å². The maximum absolute atomic E-state index is 12.6. The average molecular weight is 346 g/mol. The summed E-state index contributed by atoms with van der Waals surface area (Å²) in [5.41, 5.74) is 0.692. The second-order valence-electron chi connectivity index (χ2n) is 6.51. The highest BCUT2D eigenvalue weighted by Gasteiger charge is 2.32. The van der Waals surface area contributed by atoms with E-state index in [1.54, 1.807) is 29.4 Å². The van der Waals surface area contributed by atoms with Crippen molar-refractivity contribution in [3.63, 3.8) is 0 Å². The SMILES string of the molecule is CCOC(=O)N1CCC(N2CCCN(C(=O)c3ccncc3)CC2)C1. The van der Waals surface area contributed by atoms with Crippen LogP contribution in [-0.4, -0.2) is 83.6 Å². The van der Waals surface area contributed by atoms with Crippen LogP contribution in [0.4, 0.5) is 4.79 Å². The number of pyridine rings is 1. The van der Waals surface area contributed by atoms with Crippen molar-refractivity contribution >= 4 is 12.0 Å². The molecule has 2 aliphatic heterocycles. The zero-order valence-corrected chi connectivity index (χ0v) is 14.8. The summed E-state index contributed by atoms with van der Waals surface area (Å²) in [5, 5.41) is 0. The molecule has 1 atom stereocenters. The zero-order chi connectivity index (χ0) is 17.6. The van der Waals surface area contributed by atoms with Crippen LogP contribution in [-0.2, 0) is 4.74 Å². The molecule has 2 amide bonds. The minimum absolute atomic E-state index is 0.0730. The lowest BCUT2D eigenvalue weighted by Gasteiger charge is -2.27. The third-order valence-corrected chi connectivity index (χ3v) is 4.95. The molecule has 1 aromatic rings. The summed E-state index contributed by atoms with van der Waals surface area (Å²) >= 11 is 0. The molecule has 0 aromatic carbocycles. The van der Waals surface area contributed by atoms with E-state index in [2.05, 4.69) is 9.88 Å². The Hall–Kier alpha value is -2.15. The van der Waals surface area contributed by atoms with Crippen molar-refractivity contribution in [2.24, 2.45) is 0 Å². The van der Waals surface area contributed by atoms with Crippen molar-refractivity contribution in [1.82, 2.24) is 19.7 Å². The maximum atomic E-state index is 12.6. The minimum atomic E-state index is -0.214. The molecule has 1 aromatic heterocycles. The van der Waals surface area contributed by atoms with Gasteiger partial charge in [0.05, 0.1) is 6.61 Å². The predicted molar refractivity (Wildman–Crippen MR) is 93.3 cm³/mol. The lowest BCUT2D eigenvalue weighted by molar-refractivity contribution is 0.0758. The van der Waals surface area contributed by atoms with Crippen molar-refractivity contribution in [3.05, 3.63) is 30.1 Å². The van der Waals surface area contributed by atoms with Crippen molar-refractivity contribution in [3.8, 4) is 0 Å². The van der Waals surface area contributed by atoms with E-state index in [-0.39, 0.29) is 12.0 Å². The molecule has 0 N–H and O–H groups in total. The van der Waals surface area contributed by atoms with Gasteiger partial charge in [-0.25, -0.2) is 4.79 Å². The Labute approximate surface area is 148 Å². The van der Waals surface area contributed by atoms with Gasteiger partial charge in [-0.1, -0.05) is 0 Å². The Kier molecular flexibility index (Phi) is 5.86. The molecule has 0 saturated carbocycles. The summed E-state index contributed by atoms with van der Waals surface area (Å²) in [7, 11) is 0. The van der Waals surface area contributed by atoms with Crippen molar-refractivity contribution in [2.75, 3.05) is 45.9 Å². The Balaban J connectivity index is 1.54. The number of aromatic nitrogens is 1. The molecule has 7 nitrogen and oxygen atoms in total. The van der Waals surface area contributed by atoms with E-state index in [0.29, 0.717) is 18.2 Å². The Bertz CT molecular complexity index is 595. The zero-order valence-electron chi connectivity index (χ0n) is 14.8. The summed E-state index contributed by atoms with van der Waals surface area (Å²) in [4.78, 5) is 34.6.